The number of rotatable bonds is 6. The first-order chi connectivity index (χ1) is 10.2. The number of hydrogen-bond donors (Lipinski definition) is 2. The van der Waals surface area contributed by atoms with E-state index in [2.05, 4.69) is 17.1 Å². The summed E-state index contributed by atoms with van der Waals surface area (Å²) in [5, 5.41) is 11.4. The third-order valence-corrected chi connectivity index (χ3v) is 2.64. The van der Waals surface area contributed by atoms with E-state index in [0.29, 0.717) is 23.8 Å². The van der Waals surface area contributed by atoms with Crippen molar-refractivity contribution in [2.45, 2.75) is 13.3 Å². The fourth-order valence-corrected chi connectivity index (χ4v) is 1.60. The molecule has 0 radical (unpaired) electrons. The minimum absolute atomic E-state index is 0.0426. The molecule has 6 heteroatoms. The van der Waals surface area contributed by atoms with E-state index in [1.165, 1.54) is 6.20 Å². The van der Waals surface area contributed by atoms with Gasteiger partial charge in [0, 0.05) is 0 Å². The van der Waals surface area contributed by atoms with E-state index in [-0.39, 0.29) is 5.84 Å². The number of hydrogen-bond acceptors (Lipinski definition) is 5. The summed E-state index contributed by atoms with van der Waals surface area (Å²) < 4.78 is 11.1. The van der Waals surface area contributed by atoms with Crippen LogP contribution in [0.1, 0.15) is 19.0 Å². The second kappa shape index (κ2) is 7.14. The first-order valence-corrected chi connectivity index (χ1v) is 6.57. The molecule has 3 N–H and O–H groups in total. The molecule has 1 aromatic carbocycles. The molecule has 1 heterocycles. The summed E-state index contributed by atoms with van der Waals surface area (Å²) in [5.74, 6) is 2.01. The van der Waals surface area contributed by atoms with Crippen LogP contribution in [-0.4, -0.2) is 22.6 Å². The first kappa shape index (κ1) is 14.6. The zero-order valence-electron chi connectivity index (χ0n) is 11.7. The monoisotopic (exact) mass is 287 g/mol. The summed E-state index contributed by atoms with van der Waals surface area (Å²) in [6.45, 7) is 2.75. The van der Waals surface area contributed by atoms with Gasteiger partial charge in [0.25, 0.3) is 0 Å². The summed E-state index contributed by atoms with van der Waals surface area (Å²) in [5.41, 5.74) is 5.82. The molecule has 0 amide bonds. The highest BCUT2D eigenvalue weighted by Crippen LogP contribution is 2.23. The molecule has 6 nitrogen and oxygen atoms in total. The number of nitrogens with two attached hydrogens (primary N) is 1. The standard InChI is InChI=1S/C15H17N3O3/c1-2-9-20-11-3-5-12(6-4-11)21-13-7-8-14(17-10-13)15(16)18-19/h3-8,10,19H,2,9H2,1H3,(H2,16,18). The molecule has 0 unspecified atom stereocenters. The molecule has 110 valence electrons. The third kappa shape index (κ3) is 4.10. The van der Waals surface area contributed by atoms with Crippen molar-refractivity contribution in [2.24, 2.45) is 10.9 Å². The Kier molecular flexibility index (Phi) is 4.98. The summed E-state index contributed by atoms with van der Waals surface area (Å²) in [4.78, 5) is 4.04. The lowest BCUT2D eigenvalue weighted by molar-refractivity contribution is 0.317. The van der Waals surface area contributed by atoms with Crippen LogP contribution in [0.25, 0.3) is 0 Å². The summed E-state index contributed by atoms with van der Waals surface area (Å²) >= 11 is 0. The van der Waals surface area contributed by atoms with Gasteiger partial charge in [0.1, 0.15) is 22.9 Å². The maximum atomic E-state index is 8.56. The number of ether oxygens (including phenoxy) is 2. The highest BCUT2D eigenvalue weighted by Gasteiger charge is 2.03. The molecular formula is C15H17N3O3. The highest BCUT2D eigenvalue weighted by molar-refractivity contribution is 5.95. The molecule has 0 saturated heterocycles. The van der Waals surface area contributed by atoms with E-state index in [1.807, 2.05) is 24.3 Å². The fourth-order valence-electron chi connectivity index (χ4n) is 1.60. The lowest BCUT2D eigenvalue weighted by Gasteiger charge is -2.08. The van der Waals surface area contributed by atoms with Crippen molar-refractivity contribution in [1.82, 2.24) is 4.98 Å². The van der Waals surface area contributed by atoms with Crippen LogP contribution in [-0.2, 0) is 0 Å². The van der Waals surface area contributed by atoms with Crippen LogP contribution >= 0.6 is 0 Å². The minimum atomic E-state index is -0.0426. The Hall–Kier alpha value is -2.76. The van der Waals surface area contributed by atoms with Crippen LogP contribution < -0.4 is 15.2 Å². The van der Waals surface area contributed by atoms with Crippen molar-refractivity contribution >= 4 is 5.84 Å². The van der Waals surface area contributed by atoms with Gasteiger partial charge in [-0.2, -0.15) is 0 Å². The molecule has 0 aliphatic heterocycles. The quantitative estimate of drug-likeness (QED) is 0.369. The zero-order chi connectivity index (χ0) is 15.1. The van der Waals surface area contributed by atoms with Gasteiger partial charge in [-0.3, -0.25) is 0 Å². The molecule has 0 fully saturated rings. The molecule has 21 heavy (non-hydrogen) atoms. The van der Waals surface area contributed by atoms with Crippen LogP contribution in [0.4, 0.5) is 0 Å². The number of aromatic nitrogens is 1. The topological polar surface area (TPSA) is 90.0 Å². The molecule has 0 bridgehead atoms. The number of pyridine rings is 1. The van der Waals surface area contributed by atoms with Crippen molar-refractivity contribution in [3.8, 4) is 17.2 Å². The Morgan fingerprint density at radius 1 is 1.14 bits per heavy atom. The Balaban J connectivity index is 2.01. The Morgan fingerprint density at radius 2 is 1.81 bits per heavy atom. The van der Waals surface area contributed by atoms with Gasteiger partial charge in [-0.1, -0.05) is 12.1 Å². The van der Waals surface area contributed by atoms with E-state index in [1.54, 1.807) is 12.1 Å². The predicted molar refractivity (Wildman–Crippen MR) is 79.0 cm³/mol. The third-order valence-electron chi connectivity index (χ3n) is 2.64. The molecule has 1 aromatic heterocycles. The normalized spacial score (nSPS) is 11.2. The summed E-state index contributed by atoms with van der Waals surface area (Å²) in [7, 11) is 0. The van der Waals surface area contributed by atoms with Gasteiger partial charge in [-0.05, 0) is 42.8 Å². The van der Waals surface area contributed by atoms with Gasteiger partial charge < -0.3 is 20.4 Å². The second-order valence-electron chi connectivity index (χ2n) is 4.29. The van der Waals surface area contributed by atoms with E-state index in [0.717, 1.165) is 12.2 Å². The average Bonchev–Trinajstić information content (AvgIpc) is 2.54. The van der Waals surface area contributed by atoms with Crippen molar-refractivity contribution in [3.63, 3.8) is 0 Å². The molecule has 0 saturated carbocycles. The van der Waals surface area contributed by atoms with E-state index in [4.69, 9.17) is 20.4 Å². The maximum Gasteiger partial charge on any atom is 0.188 e. The van der Waals surface area contributed by atoms with Crippen LogP contribution in [0.15, 0.2) is 47.8 Å². The zero-order valence-corrected chi connectivity index (χ0v) is 11.7. The van der Waals surface area contributed by atoms with Crippen molar-refractivity contribution in [1.29, 1.82) is 0 Å². The van der Waals surface area contributed by atoms with Gasteiger partial charge in [0.2, 0.25) is 0 Å². The summed E-state index contributed by atoms with van der Waals surface area (Å²) in [6, 6.07) is 10.7. The van der Waals surface area contributed by atoms with Crippen LogP contribution in [0.3, 0.4) is 0 Å². The number of oxime groups is 1. The predicted octanol–water partition coefficient (Wildman–Crippen LogP) is 2.76. The fraction of sp³-hybridized carbons (Fsp3) is 0.200. The van der Waals surface area contributed by atoms with E-state index >= 15 is 0 Å². The van der Waals surface area contributed by atoms with Gasteiger partial charge in [-0.25, -0.2) is 4.98 Å². The Labute approximate surface area is 122 Å². The lowest BCUT2D eigenvalue weighted by Crippen LogP contribution is -2.14. The molecule has 2 rings (SSSR count). The first-order valence-electron chi connectivity index (χ1n) is 6.57. The number of amidine groups is 1. The molecule has 0 aliphatic carbocycles. The lowest BCUT2D eigenvalue weighted by atomic mass is 10.3. The average molecular weight is 287 g/mol. The van der Waals surface area contributed by atoms with Crippen molar-refractivity contribution in [3.05, 3.63) is 48.3 Å². The molecule has 0 aliphatic rings. The van der Waals surface area contributed by atoms with Gasteiger partial charge in [-0.15, -0.1) is 0 Å². The molecule has 0 spiro atoms. The second-order valence-corrected chi connectivity index (χ2v) is 4.29. The van der Waals surface area contributed by atoms with Crippen molar-refractivity contribution in [2.75, 3.05) is 6.61 Å². The van der Waals surface area contributed by atoms with Crippen LogP contribution in [0.5, 0.6) is 17.2 Å². The summed E-state index contributed by atoms with van der Waals surface area (Å²) in [6.07, 6.45) is 2.48. The van der Waals surface area contributed by atoms with Crippen molar-refractivity contribution < 1.29 is 14.7 Å². The number of benzene rings is 1. The van der Waals surface area contributed by atoms with E-state index < -0.39 is 0 Å². The maximum absolute atomic E-state index is 8.56. The van der Waals surface area contributed by atoms with E-state index in [9.17, 15) is 0 Å². The van der Waals surface area contributed by atoms with Gasteiger partial charge in [0.15, 0.2) is 5.84 Å². The minimum Gasteiger partial charge on any atom is -0.494 e. The largest absolute Gasteiger partial charge is 0.494 e. The smallest absolute Gasteiger partial charge is 0.188 e. The highest BCUT2D eigenvalue weighted by atomic mass is 16.5. The van der Waals surface area contributed by atoms with Crippen LogP contribution in [0, 0.1) is 0 Å². The Morgan fingerprint density at radius 3 is 2.38 bits per heavy atom. The Bertz CT molecular complexity index is 595. The van der Waals surface area contributed by atoms with Gasteiger partial charge >= 0.3 is 0 Å². The van der Waals surface area contributed by atoms with Crippen LogP contribution in [0.2, 0.25) is 0 Å². The molecule has 2 aromatic rings. The number of nitrogens with zero attached hydrogens (tertiary/aromatic N) is 2. The molecule has 0 atom stereocenters. The van der Waals surface area contributed by atoms with Gasteiger partial charge in [0.05, 0.1) is 12.8 Å². The molecular weight excluding hydrogens is 270 g/mol. The SMILES string of the molecule is CCCOc1ccc(Oc2ccc(/C(N)=N/O)nc2)cc1.